The van der Waals surface area contributed by atoms with Gasteiger partial charge in [0.1, 0.15) is 10.8 Å². The molecule has 0 spiro atoms. The Labute approximate surface area is 198 Å². The highest BCUT2D eigenvalue weighted by Crippen LogP contribution is 2.40. The molecular formula is C26H28N6S. The van der Waals surface area contributed by atoms with Gasteiger partial charge in [0.2, 0.25) is 0 Å². The minimum absolute atomic E-state index is 0.658. The van der Waals surface area contributed by atoms with E-state index in [0.717, 1.165) is 48.5 Å². The van der Waals surface area contributed by atoms with Crippen molar-refractivity contribution in [3.8, 4) is 0 Å². The molecule has 1 aliphatic carbocycles. The molecule has 0 unspecified atom stereocenters. The van der Waals surface area contributed by atoms with E-state index in [9.17, 15) is 0 Å². The van der Waals surface area contributed by atoms with Crippen LogP contribution in [-0.2, 0) is 0 Å². The summed E-state index contributed by atoms with van der Waals surface area (Å²) in [6.45, 7) is 4.08. The first-order chi connectivity index (χ1) is 16.2. The number of aromatic amines is 1. The fourth-order valence-corrected chi connectivity index (χ4v) is 5.21. The van der Waals surface area contributed by atoms with Gasteiger partial charge in [0.05, 0.1) is 0 Å². The van der Waals surface area contributed by atoms with E-state index in [2.05, 4.69) is 93.0 Å². The zero-order chi connectivity index (χ0) is 22.2. The van der Waals surface area contributed by atoms with Crippen molar-refractivity contribution < 1.29 is 0 Å². The van der Waals surface area contributed by atoms with Crippen LogP contribution in [0.1, 0.15) is 24.5 Å². The van der Waals surface area contributed by atoms with E-state index in [1.165, 1.54) is 34.2 Å². The average Bonchev–Trinajstić information content (AvgIpc) is 3.58. The summed E-state index contributed by atoms with van der Waals surface area (Å²) in [5.74, 6) is 2.55. The minimum Gasteiger partial charge on any atom is -0.354 e. The lowest BCUT2D eigenvalue weighted by atomic mass is 10.1. The van der Waals surface area contributed by atoms with E-state index in [1.54, 1.807) is 11.8 Å². The van der Waals surface area contributed by atoms with E-state index in [0.29, 0.717) is 5.92 Å². The number of likely N-dealkylation sites (N-methyl/N-ethyl adjacent to an activating group) is 1. The van der Waals surface area contributed by atoms with E-state index < -0.39 is 0 Å². The van der Waals surface area contributed by atoms with Crippen LogP contribution in [0, 0.1) is 0 Å². The Hall–Kier alpha value is -3.03. The molecule has 4 aromatic rings. The van der Waals surface area contributed by atoms with Crippen LogP contribution in [0.4, 0.5) is 17.3 Å². The Bertz CT molecular complexity index is 1270. The first-order valence-electron chi connectivity index (χ1n) is 11.6. The van der Waals surface area contributed by atoms with Gasteiger partial charge >= 0.3 is 0 Å². The van der Waals surface area contributed by atoms with Gasteiger partial charge < -0.3 is 15.1 Å². The van der Waals surface area contributed by atoms with E-state index in [4.69, 9.17) is 4.98 Å². The van der Waals surface area contributed by atoms with Crippen molar-refractivity contribution in [3.05, 3.63) is 66.4 Å². The molecule has 0 amide bonds. The van der Waals surface area contributed by atoms with Crippen LogP contribution in [0.15, 0.2) is 70.6 Å². The number of anilines is 3. The summed E-state index contributed by atoms with van der Waals surface area (Å²) in [7, 11) is 2.18. The molecule has 2 aromatic carbocycles. The number of aromatic nitrogens is 3. The molecule has 168 valence electrons. The van der Waals surface area contributed by atoms with Crippen molar-refractivity contribution in [3.63, 3.8) is 0 Å². The first-order valence-corrected chi connectivity index (χ1v) is 12.5. The zero-order valence-electron chi connectivity index (χ0n) is 18.8. The predicted molar refractivity (Wildman–Crippen MR) is 136 cm³/mol. The topological polar surface area (TPSA) is 60.1 Å². The molecule has 1 saturated heterocycles. The molecule has 3 heterocycles. The van der Waals surface area contributed by atoms with E-state index in [1.807, 2.05) is 0 Å². The number of H-pyrrole nitrogens is 1. The lowest BCUT2D eigenvalue weighted by molar-refractivity contribution is 0.312. The molecule has 1 saturated carbocycles. The Balaban J connectivity index is 1.30. The molecule has 0 bridgehead atoms. The summed E-state index contributed by atoms with van der Waals surface area (Å²) in [6.07, 6.45) is 2.52. The molecule has 33 heavy (non-hydrogen) atoms. The molecule has 6 rings (SSSR count). The maximum atomic E-state index is 5.04. The summed E-state index contributed by atoms with van der Waals surface area (Å²) >= 11 is 1.71. The van der Waals surface area contributed by atoms with Crippen molar-refractivity contribution in [2.45, 2.75) is 28.7 Å². The van der Waals surface area contributed by atoms with Gasteiger partial charge in [0.25, 0.3) is 0 Å². The van der Waals surface area contributed by atoms with Gasteiger partial charge in [-0.25, -0.2) is 4.98 Å². The molecule has 2 aliphatic rings. The number of hydrogen-bond acceptors (Lipinski definition) is 6. The third kappa shape index (κ3) is 4.70. The van der Waals surface area contributed by atoms with Gasteiger partial charge in [-0.3, -0.25) is 5.10 Å². The summed E-state index contributed by atoms with van der Waals surface area (Å²) in [5.41, 5.74) is 2.26. The quantitative estimate of drug-likeness (QED) is 0.401. The number of fused-ring (bicyclic) bond motifs is 1. The summed E-state index contributed by atoms with van der Waals surface area (Å²) < 4.78 is 0. The van der Waals surface area contributed by atoms with Crippen LogP contribution < -0.4 is 10.2 Å². The van der Waals surface area contributed by atoms with Crippen molar-refractivity contribution in [2.75, 3.05) is 43.4 Å². The second kappa shape index (κ2) is 8.72. The Morgan fingerprint density at radius 2 is 1.76 bits per heavy atom. The van der Waals surface area contributed by atoms with Gasteiger partial charge in [0, 0.05) is 60.5 Å². The van der Waals surface area contributed by atoms with Crippen LogP contribution in [-0.4, -0.2) is 53.3 Å². The molecule has 1 aliphatic heterocycles. The number of nitrogens with one attached hydrogen (secondary N) is 2. The summed E-state index contributed by atoms with van der Waals surface area (Å²) in [6, 6.07) is 21.5. The molecule has 0 atom stereocenters. The number of hydrogen-bond donors (Lipinski definition) is 2. The smallest absolute Gasteiger partial charge is 0.152 e. The maximum absolute atomic E-state index is 5.04. The van der Waals surface area contributed by atoms with Crippen LogP contribution in [0.5, 0.6) is 0 Å². The minimum atomic E-state index is 0.658. The standard InChI is InChI=1S/C26H28N6S/c1-31-10-12-32(13-11-31)25-15-21(27-24-17-23(29-30-24)19-6-7-19)16-26(28-25)33-22-9-8-18-4-2-3-5-20(18)14-22/h2-5,8-9,14-17,19H,6-7,10-13H2,1H3,(H2,27,28,29,30). The van der Waals surface area contributed by atoms with E-state index in [-0.39, 0.29) is 0 Å². The predicted octanol–water partition coefficient (Wildman–Crippen LogP) is 5.48. The Morgan fingerprint density at radius 1 is 0.939 bits per heavy atom. The fraction of sp³-hybridized carbons (Fsp3) is 0.308. The highest BCUT2D eigenvalue weighted by Gasteiger charge is 2.25. The van der Waals surface area contributed by atoms with Crippen LogP contribution in [0.2, 0.25) is 0 Å². The number of pyridine rings is 1. The summed E-state index contributed by atoms with van der Waals surface area (Å²) in [5, 5.41) is 14.7. The first kappa shape index (κ1) is 20.6. The van der Waals surface area contributed by atoms with Crippen molar-refractivity contribution in [2.24, 2.45) is 0 Å². The van der Waals surface area contributed by atoms with Gasteiger partial charge in [-0.15, -0.1) is 0 Å². The monoisotopic (exact) mass is 456 g/mol. The van der Waals surface area contributed by atoms with Gasteiger partial charge in [0.15, 0.2) is 5.82 Å². The normalized spacial score (nSPS) is 16.9. The molecular weight excluding hydrogens is 428 g/mol. The molecule has 2 fully saturated rings. The highest BCUT2D eigenvalue weighted by atomic mass is 32.2. The zero-order valence-corrected chi connectivity index (χ0v) is 19.6. The SMILES string of the molecule is CN1CCN(c2cc(Nc3cc(C4CC4)[nH]n3)cc(Sc3ccc4ccccc4c3)n2)CC1. The molecule has 2 aromatic heterocycles. The maximum Gasteiger partial charge on any atom is 0.152 e. The Morgan fingerprint density at radius 3 is 2.58 bits per heavy atom. The number of nitrogens with zero attached hydrogens (tertiary/aromatic N) is 4. The Kier molecular flexibility index (Phi) is 5.44. The van der Waals surface area contributed by atoms with Gasteiger partial charge in [-0.05, 0) is 48.9 Å². The fourth-order valence-electron chi connectivity index (χ4n) is 4.32. The largest absolute Gasteiger partial charge is 0.354 e. The van der Waals surface area contributed by atoms with Crippen molar-refractivity contribution in [1.29, 1.82) is 0 Å². The van der Waals surface area contributed by atoms with Crippen molar-refractivity contribution >= 4 is 39.9 Å². The number of rotatable bonds is 6. The molecule has 7 heteroatoms. The van der Waals surface area contributed by atoms with Crippen LogP contribution in [0.3, 0.4) is 0 Å². The van der Waals surface area contributed by atoms with Gasteiger partial charge in [-0.2, -0.15) is 5.10 Å². The number of piperazine rings is 1. The summed E-state index contributed by atoms with van der Waals surface area (Å²) in [4.78, 5) is 11.0. The lowest BCUT2D eigenvalue weighted by Crippen LogP contribution is -2.44. The average molecular weight is 457 g/mol. The third-order valence-corrected chi connectivity index (χ3v) is 7.35. The highest BCUT2D eigenvalue weighted by molar-refractivity contribution is 7.99. The molecule has 2 N–H and O–H groups in total. The van der Waals surface area contributed by atoms with Gasteiger partial charge in [-0.1, -0.05) is 42.1 Å². The molecule has 0 radical (unpaired) electrons. The second-order valence-electron chi connectivity index (χ2n) is 9.06. The van der Waals surface area contributed by atoms with Crippen LogP contribution in [0.25, 0.3) is 10.8 Å². The second-order valence-corrected chi connectivity index (χ2v) is 10.2. The molecule has 6 nitrogen and oxygen atoms in total. The number of benzene rings is 2. The third-order valence-electron chi connectivity index (χ3n) is 6.45. The lowest BCUT2D eigenvalue weighted by Gasteiger charge is -2.33. The van der Waals surface area contributed by atoms with Crippen molar-refractivity contribution in [1.82, 2.24) is 20.1 Å². The van der Waals surface area contributed by atoms with E-state index >= 15 is 0 Å². The van der Waals surface area contributed by atoms with Crippen LogP contribution >= 0.6 is 11.8 Å².